The van der Waals surface area contributed by atoms with E-state index in [0.717, 1.165) is 11.1 Å². The van der Waals surface area contributed by atoms with E-state index in [2.05, 4.69) is 48.6 Å². The van der Waals surface area contributed by atoms with E-state index in [-0.39, 0.29) is 30.3 Å². The van der Waals surface area contributed by atoms with Gasteiger partial charge in [-0.3, -0.25) is 14.9 Å². The maximum absolute atomic E-state index is 12.6. The second-order valence-electron chi connectivity index (χ2n) is 7.19. The molecule has 0 spiro atoms. The molecule has 0 radical (unpaired) electrons. The highest BCUT2D eigenvalue weighted by Crippen LogP contribution is 2.22. The smallest absolute Gasteiger partial charge is 0.236 e. The van der Waals surface area contributed by atoms with Gasteiger partial charge in [0.15, 0.2) is 0 Å². The number of carbonyl (C=O) groups is 2. The SMILES string of the molecule is Cc1ccc(C(NCC(=O)N2CCC(C(N)=O)CC2)c2ccccc2)cc1. The van der Waals surface area contributed by atoms with Gasteiger partial charge in [0.25, 0.3) is 0 Å². The van der Waals surface area contributed by atoms with Crippen molar-refractivity contribution in [3.05, 3.63) is 71.3 Å². The van der Waals surface area contributed by atoms with Crippen LogP contribution in [0.1, 0.15) is 35.6 Å². The molecule has 2 aromatic carbocycles. The van der Waals surface area contributed by atoms with Crippen LogP contribution >= 0.6 is 0 Å². The lowest BCUT2D eigenvalue weighted by Crippen LogP contribution is -2.45. The van der Waals surface area contributed by atoms with Gasteiger partial charge in [0.05, 0.1) is 12.6 Å². The maximum Gasteiger partial charge on any atom is 0.236 e. The van der Waals surface area contributed by atoms with Crippen LogP contribution in [0.3, 0.4) is 0 Å². The molecular weight excluding hydrogens is 338 g/mol. The van der Waals surface area contributed by atoms with Crippen LogP contribution in [-0.2, 0) is 9.59 Å². The third kappa shape index (κ3) is 4.95. The van der Waals surface area contributed by atoms with Gasteiger partial charge < -0.3 is 10.6 Å². The predicted molar refractivity (Wildman–Crippen MR) is 106 cm³/mol. The van der Waals surface area contributed by atoms with Gasteiger partial charge in [0.1, 0.15) is 0 Å². The molecule has 0 aromatic heterocycles. The Morgan fingerprint density at radius 1 is 1.04 bits per heavy atom. The average Bonchev–Trinajstić information content (AvgIpc) is 2.70. The van der Waals surface area contributed by atoms with Crippen LogP contribution in [0.5, 0.6) is 0 Å². The van der Waals surface area contributed by atoms with E-state index in [0.29, 0.717) is 25.9 Å². The van der Waals surface area contributed by atoms with Crippen molar-refractivity contribution in [2.45, 2.75) is 25.8 Å². The summed E-state index contributed by atoms with van der Waals surface area (Å²) in [5.41, 5.74) is 8.84. The second-order valence-corrected chi connectivity index (χ2v) is 7.19. The summed E-state index contributed by atoms with van der Waals surface area (Å²) in [6, 6.07) is 18.5. The van der Waals surface area contributed by atoms with Gasteiger partial charge in [0.2, 0.25) is 11.8 Å². The second kappa shape index (κ2) is 8.82. The molecule has 1 fully saturated rings. The summed E-state index contributed by atoms with van der Waals surface area (Å²) in [6.45, 7) is 3.51. The molecule has 1 aliphatic rings. The summed E-state index contributed by atoms with van der Waals surface area (Å²) >= 11 is 0. The van der Waals surface area contributed by atoms with Crippen molar-refractivity contribution in [1.82, 2.24) is 10.2 Å². The van der Waals surface area contributed by atoms with Crippen LogP contribution in [-0.4, -0.2) is 36.3 Å². The Hall–Kier alpha value is -2.66. The van der Waals surface area contributed by atoms with Crippen molar-refractivity contribution in [2.24, 2.45) is 11.7 Å². The Balaban J connectivity index is 1.65. The Bertz CT molecular complexity index is 766. The summed E-state index contributed by atoms with van der Waals surface area (Å²) in [5.74, 6) is -0.304. The van der Waals surface area contributed by atoms with Gasteiger partial charge >= 0.3 is 0 Å². The van der Waals surface area contributed by atoms with E-state index >= 15 is 0 Å². The van der Waals surface area contributed by atoms with Crippen LogP contribution in [0.15, 0.2) is 54.6 Å². The van der Waals surface area contributed by atoms with Gasteiger partial charge in [0, 0.05) is 19.0 Å². The number of amides is 2. The Labute approximate surface area is 160 Å². The quantitative estimate of drug-likeness (QED) is 0.825. The number of primary amides is 1. The van der Waals surface area contributed by atoms with E-state index < -0.39 is 0 Å². The first-order valence-electron chi connectivity index (χ1n) is 9.46. The average molecular weight is 365 g/mol. The fourth-order valence-corrected chi connectivity index (χ4v) is 3.55. The molecular formula is C22H27N3O2. The maximum atomic E-state index is 12.6. The van der Waals surface area contributed by atoms with Gasteiger partial charge in [-0.15, -0.1) is 0 Å². The number of hydrogen-bond donors (Lipinski definition) is 2. The molecule has 1 saturated heterocycles. The number of nitrogens with one attached hydrogen (secondary N) is 1. The molecule has 1 aliphatic heterocycles. The normalized spacial score (nSPS) is 16.1. The number of nitrogens with zero attached hydrogens (tertiary/aromatic N) is 1. The summed E-state index contributed by atoms with van der Waals surface area (Å²) in [5, 5.41) is 3.42. The molecule has 1 unspecified atom stereocenters. The van der Waals surface area contributed by atoms with E-state index in [1.165, 1.54) is 5.56 Å². The van der Waals surface area contributed by atoms with E-state index in [9.17, 15) is 9.59 Å². The Kier molecular flexibility index (Phi) is 6.24. The topological polar surface area (TPSA) is 75.4 Å². The monoisotopic (exact) mass is 365 g/mol. The number of piperidine rings is 1. The lowest BCUT2D eigenvalue weighted by Gasteiger charge is -2.31. The first-order valence-corrected chi connectivity index (χ1v) is 9.46. The highest BCUT2D eigenvalue weighted by atomic mass is 16.2. The van der Waals surface area contributed by atoms with Crippen LogP contribution in [0.4, 0.5) is 0 Å². The van der Waals surface area contributed by atoms with Crippen molar-refractivity contribution < 1.29 is 9.59 Å². The van der Waals surface area contributed by atoms with Gasteiger partial charge in [-0.05, 0) is 30.9 Å². The Morgan fingerprint density at radius 3 is 2.22 bits per heavy atom. The standard InChI is InChI=1S/C22H27N3O2/c1-16-7-9-18(10-8-16)21(17-5-3-2-4-6-17)24-15-20(26)25-13-11-19(12-14-25)22(23)27/h2-10,19,21,24H,11-15H2,1H3,(H2,23,27). The van der Waals surface area contributed by atoms with Crippen LogP contribution in [0, 0.1) is 12.8 Å². The molecule has 2 aromatic rings. The fraction of sp³-hybridized carbons (Fsp3) is 0.364. The van der Waals surface area contributed by atoms with Gasteiger partial charge in [-0.1, -0.05) is 60.2 Å². The molecule has 0 bridgehead atoms. The zero-order valence-corrected chi connectivity index (χ0v) is 15.7. The number of aryl methyl sites for hydroxylation is 1. The lowest BCUT2D eigenvalue weighted by molar-refractivity contribution is -0.134. The molecule has 142 valence electrons. The summed E-state index contributed by atoms with van der Waals surface area (Å²) in [7, 11) is 0. The molecule has 0 saturated carbocycles. The third-order valence-electron chi connectivity index (χ3n) is 5.25. The highest BCUT2D eigenvalue weighted by Gasteiger charge is 2.26. The lowest BCUT2D eigenvalue weighted by atomic mass is 9.96. The Morgan fingerprint density at radius 2 is 1.63 bits per heavy atom. The van der Waals surface area contributed by atoms with Gasteiger partial charge in [-0.25, -0.2) is 0 Å². The van der Waals surface area contributed by atoms with E-state index in [1.807, 2.05) is 23.1 Å². The molecule has 27 heavy (non-hydrogen) atoms. The first kappa shape index (κ1) is 19.1. The fourth-order valence-electron chi connectivity index (χ4n) is 3.55. The summed E-state index contributed by atoms with van der Waals surface area (Å²) in [4.78, 5) is 25.8. The van der Waals surface area contributed by atoms with Crippen molar-refractivity contribution >= 4 is 11.8 Å². The largest absolute Gasteiger partial charge is 0.369 e. The van der Waals surface area contributed by atoms with Crippen molar-refractivity contribution in [2.75, 3.05) is 19.6 Å². The number of benzene rings is 2. The van der Waals surface area contributed by atoms with Crippen molar-refractivity contribution in [1.29, 1.82) is 0 Å². The molecule has 3 N–H and O–H groups in total. The number of nitrogens with two attached hydrogens (primary N) is 1. The molecule has 5 heteroatoms. The molecule has 2 amide bonds. The number of carbonyl (C=O) groups excluding carboxylic acids is 2. The number of hydrogen-bond acceptors (Lipinski definition) is 3. The van der Waals surface area contributed by atoms with Crippen molar-refractivity contribution in [3.8, 4) is 0 Å². The number of likely N-dealkylation sites (tertiary alicyclic amines) is 1. The first-order chi connectivity index (χ1) is 13.0. The van der Waals surface area contributed by atoms with Crippen LogP contribution in [0.2, 0.25) is 0 Å². The van der Waals surface area contributed by atoms with Crippen LogP contribution < -0.4 is 11.1 Å². The molecule has 3 rings (SSSR count). The minimum atomic E-state index is -0.260. The van der Waals surface area contributed by atoms with E-state index in [4.69, 9.17) is 5.73 Å². The zero-order chi connectivity index (χ0) is 19.2. The third-order valence-corrected chi connectivity index (χ3v) is 5.25. The zero-order valence-electron chi connectivity index (χ0n) is 15.7. The molecule has 1 atom stereocenters. The minimum absolute atomic E-state index is 0.0427. The summed E-state index contributed by atoms with van der Waals surface area (Å²) in [6.07, 6.45) is 1.31. The van der Waals surface area contributed by atoms with Crippen molar-refractivity contribution in [3.63, 3.8) is 0 Å². The molecule has 1 heterocycles. The van der Waals surface area contributed by atoms with Crippen LogP contribution in [0.25, 0.3) is 0 Å². The molecule has 0 aliphatic carbocycles. The summed E-state index contributed by atoms with van der Waals surface area (Å²) < 4.78 is 0. The number of rotatable bonds is 6. The van der Waals surface area contributed by atoms with E-state index in [1.54, 1.807) is 0 Å². The highest BCUT2D eigenvalue weighted by molar-refractivity contribution is 5.80. The van der Waals surface area contributed by atoms with Gasteiger partial charge in [-0.2, -0.15) is 0 Å². The predicted octanol–water partition coefficient (Wildman–Crippen LogP) is 2.40. The minimum Gasteiger partial charge on any atom is -0.369 e. The molecule has 5 nitrogen and oxygen atoms in total.